The number of carbonyl (C=O) groups is 2. The van der Waals surface area contributed by atoms with Gasteiger partial charge < -0.3 is 19.9 Å². The maximum atomic E-state index is 14.5. The van der Waals surface area contributed by atoms with Gasteiger partial charge in [0, 0.05) is 53.3 Å². The van der Waals surface area contributed by atoms with Gasteiger partial charge in [-0.25, -0.2) is 14.2 Å². The number of carboxylic acid groups (broad SMARTS) is 1. The summed E-state index contributed by atoms with van der Waals surface area (Å²) in [6, 6.07) is 3.74. The van der Waals surface area contributed by atoms with E-state index in [0.717, 1.165) is 6.42 Å². The highest BCUT2D eigenvalue weighted by Gasteiger charge is 2.73. The summed E-state index contributed by atoms with van der Waals surface area (Å²) in [6.45, 7) is 3.29. The molecule has 0 bridgehead atoms. The maximum Gasteiger partial charge on any atom is 0.338 e. The molecule has 1 aliphatic carbocycles. The number of aliphatic imine (C=N–C) groups is 1. The number of halogens is 2. The van der Waals surface area contributed by atoms with Crippen molar-refractivity contribution < 1.29 is 28.6 Å². The first-order valence-electron chi connectivity index (χ1n) is 12.5. The van der Waals surface area contributed by atoms with Crippen molar-refractivity contribution in [1.29, 1.82) is 0 Å². The van der Waals surface area contributed by atoms with E-state index in [4.69, 9.17) is 26.1 Å². The van der Waals surface area contributed by atoms with Crippen LogP contribution in [0.25, 0.3) is 0 Å². The highest BCUT2D eigenvalue weighted by Crippen LogP contribution is 2.65. The Balaban J connectivity index is 1.40. The summed E-state index contributed by atoms with van der Waals surface area (Å²) in [5.41, 5.74) is 1.03. The first kappa shape index (κ1) is 25.4. The number of carbonyl (C=O) groups excluding carboxylic acids is 1. The molecule has 6 rings (SSSR count). The molecule has 2 N–H and O–H groups in total. The number of piperidine rings is 1. The lowest BCUT2D eigenvalue weighted by Gasteiger charge is -2.71. The Morgan fingerprint density at radius 2 is 2.24 bits per heavy atom. The molecule has 3 aliphatic heterocycles. The molecule has 1 aromatic carbocycles. The van der Waals surface area contributed by atoms with E-state index in [2.05, 4.69) is 15.2 Å². The zero-order valence-electron chi connectivity index (χ0n) is 20.5. The SMILES string of the molecule is CCOC(=O)C1=C(CN2C3COCC34C(CC(=O)O)CC24)NC(c2nccs2)=NC1c1cccc(F)c1Cl. The number of rotatable bonds is 8. The smallest absolute Gasteiger partial charge is 0.338 e. The highest BCUT2D eigenvalue weighted by molar-refractivity contribution is 7.11. The third kappa shape index (κ3) is 3.86. The number of nitrogens with one attached hydrogen (secondary N) is 1. The van der Waals surface area contributed by atoms with E-state index in [9.17, 15) is 19.1 Å². The molecule has 4 aliphatic rings. The van der Waals surface area contributed by atoms with Gasteiger partial charge in [0.1, 0.15) is 11.9 Å². The van der Waals surface area contributed by atoms with E-state index in [0.29, 0.717) is 41.9 Å². The number of carboxylic acids is 1. The lowest BCUT2D eigenvalue weighted by molar-refractivity contribution is -0.222. The third-order valence-electron chi connectivity index (χ3n) is 8.23. The van der Waals surface area contributed by atoms with Crippen molar-refractivity contribution in [3.63, 3.8) is 0 Å². The van der Waals surface area contributed by atoms with Crippen molar-refractivity contribution in [3.8, 4) is 0 Å². The lowest BCUT2D eigenvalue weighted by Crippen LogP contribution is -2.80. The number of nitrogens with zero attached hydrogens (tertiary/aromatic N) is 3. The van der Waals surface area contributed by atoms with Crippen LogP contribution in [0, 0.1) is 17.2 Å². The number of hydrogen-bond acceptors (Lipinski definition) is 9. The number of thiazole rings is 1. The van der Waals surface area contributed by atoms with Gasteiger partial charge in [-0.2, -0.15) is 0 Å². The van der Waals surface area contributed by atoms with Crippen LogP contribution in [0.1, 0.15) is 36.4 Å². The molecule has 12 heteroatoms. The second kappa shape index (κ2) is 9.71. The molecule has 38 heavy (non-hydrogen) atoms. The van der Waals surface area contributed by atoms with E-state index in [1.165, 1.54) is 23.5 Å². The summed E-state index contributed by atoms with van der Waals surface area (Å²) < 4.78 is 25.8. The molecule has 3 fully saturated rings. The van der Waals surface area contributed by atoms with E-state index in [-0.39, 0.29) is 47.0 Å². The summed E-state index contributed by atoms with van der Waals surface area (Å²) in [5.74, 6) is -1.44. The molecule has 5 atom stereocenters. The molecule has 1 aromatic heterocycles. The van der Waals surface area contributed by atoms with Gasteiger partial charge in [0.2, 0.25) is 0 Å². The van der Waals surface area contributed by atoms with Crippen LogP contribution in [0.2, 0.25) is 5.02 Å². The van der Waals surface area contributed by atoms with Crippen LogP contribution in [0.5, 0.6) is 0 Å². The molecule has 0 radical (unpaired) electrons. The van der Waals surface area contributed by atoms with E-state index < -0.39 is 23.8 Å². The van der Waals surface area contributed by atoms with E-state index in [1.54, 1.807) is 19.2 Å². The molecule has 1 spiro atoms. The average Bonchev–Trinajstić information content (AvgIpc) is 3.57. The van der Waals surface area contributed by atoms with Gasteiger partial charge in [0.05, 0.1) is 30.4 Å². The van der Waals surface area contributed by atoms with Crippen LogP contribution in [0.4, 0.5) is 4.39 Å². The number of hydrogen-bond donors (Lipinski definition) is 2. The predicted octanol–water partition coefficient (Wildman–Crippen LogP) is 3.41. The molecule has 200 valence electrons. The Labute approximate surface area is 227 Å². The standard InChI is InChI=1S/C26H26ClFN4O5S/c1-2-37-25(35)20-16(10-32-17-8-13(9-19(33)34)26(17)12-36-11-18(26)32)30-23(24-29-6-7-38-24)31-22(20)14-4-3-5-15(28)21(14)27/h3-7,13,17-18,22H,2,8-12H2,1H3,(H,30,31)(H,33,34). The van der Waals surface area contributed by atoms with E-state index in [1.807, 2.05) is 5.38 Å². The molecule has 5 unspecified atom stereocenters. The first-order valence-corrected chi connectivity index (χ1v) is 13.7. The van der Waals surface area contributed by atoms with Crippen LogP contribution in [0.15, 0.2) is 46.0 Å². The van der Waals surface area contributed by atoms with Gasteiger partial charge in [-0.15, -0.1) is 11.3 Å². The fraction of sp³-hybridized carbons (Fsp3) is 0.462. The summed E-state index contributed by atoms with van der Waals surface area (Å²) in [6.07, 6.45) is 2.54. The summed E-state index contributed by atoms with van der Waals surface area (Å²) in [7, 11) is 0. The number of amidine groups is 1. The van der Waals surface area contributed by atoms with Crippen LogP contribution in [-0.4, -0.2) is 71.2 Å². The number of aliphatic carboxylic acids is 1. The Hall–Kier alpha value is -2.86. The Morgan fingerprint density at radius 3 is 2.97 bits per heavy atom. The van der Waals surface area contributed by atoms with Gasteiger partial charge in [0.25, 0.3) is 0 Å². The number of esters is 1. The minimum Gasteiger partial charge on any atom is -0.481 e. The Bertz CT molecular complexity index is 1350. The highest BCUT2D eigenvalue weighted by atomic mass is 35.5. The van der Waals surface area contributed by atoms with Crippen molar-refractivity contribution >= 4 is 40.7 Å². The van der Waals surface area contributed by atoms with Crippen molar-refractivity contribution in [2.75, 3.05) is 26.4 Å². The molecular weight excluding hydrogens is 535 g/mol. The largest absolute Gasteiger partial charge is 0.481 e. The van der Waals surface area contributed by atoms with Crippen LogP contribution in [-0.2, 0) is 19.1 Å². The van der Waals surface area contributed by atoms with Crippen molar-refractivity contribution in [2.45, 2.75) is 37.9 Å². The minimum atomic E-state index is -0.903. The van der Waals surface area contributed by atoms with Gasteiger partial charge in [0.15, 0.2) is 10.8 Å². The van der Waals surface area contributed by atoms with E-state index >= 15 is 0 Å². The molecule has 9 nitrogen and oxygen atoms in total. The van der Waals surface area contributed by atoms with Gasteiger partial charge in [-0.3, -0.25) is 14.7 Å². The van der Waals surface area contributed by atoms with Crippen molar-refractivity contribution in [1.82, 2.24) is 15.2 Å². The number of benzene rings is 1. The van der Waals surface area contributed by atoms with Gasteiger partial charge in [-0.05, 0) is 25.3 Å². The van der Waals surface area contributed by atoms with Gasteiger partial charge >= 0.3 is 11.9 Å². The van der Waals surface area contributed by atoms with Crippen LogP contribution in [0.3, 0.4) is 0 Å². The monoisotopic (exact) mass is 560 g/mol. The maximum absolute atomic E-state index is 14.5. The average molecular weight is 561 g/mol. The van der Waals surface area contributed by atoms with Gasteiger partial charge in [-0.1, -0.05) is 23.7 Å². The minimum absolute atomic E-state index is 0.0433. The fourth-order valence-corrected chi connectivity index (χ4v) is 7.39. The second-order valence-electron chi connectivity index (χ2n) is 9.96. The zero-order valence-corrected chi connectivity index (χ0v) is 22.1. The summed E-state index contributed by atoms with van der Waals surface area (Å²) in [5, 5.41) is 15.0. The zero-order chi connectivity index (χ0) is 26.6. The fourth-order valence-electron chi connectivity index (χ4n) is 6.57. The quantitative estimate of drug-likeness (QED) is 0.472. The normalized spacial score (nSPS) is 29.9. The summed E-state index contributed by atoms with van der Waals surface area (Å²) in [4.78, 5) is 36.2. The number of ether oxygens (including phenoxy) is 2. The number of likely N-dealkylation sites (tertiary alicyclic amines) is 1. The predicted molar refractivity (Wildman–Crippen MR) is 137 cm³/mol. The molecule has 0 amide bonds. The Morgan fingerprint density at radius 1 is 1.39 bits per heavy atom. The Kier molecular flexibility index (Phi) is 6.50. The molecular formula is C26H26ClFN4O5S. The lowest BCUT2D eigenvalue weighted by atomic mass is 9.46. The molecule has 4 heterocycles. The molecule has 1 saturated carbocycles. The van der Waals surface area contributed by atoms with Crippen LogP contribution < -0.4 is 5.32 Å². The number of aromatic nitrogens is 1. The van der Waals surface area contributed by atoms with Crippen LogP contribution >= 0.6 is 22.9 Å². The summed E-state index contributed by atoms with van der Waals surface area (Å²) >= 11 is 7.78. The van der Waals surface area contributed by atoms with Crippen molar-refractivity contribution in [2.24, 2.45) is 16.3 Å². The third-order valence-corrected chi connectivity index (χ3v) is 9.41. The molecule has 2 aromatic rings. The molecule has 2 saturated heterocycles. The first-order chi connectivity index (χ1) is 18.3. The second-order valence-corrected chi connectivity index (χ2v) is 11.2. The van der Waals surface area contributed by atoms with Crippen molar-refractivity contribution in [3.05, 3.63) is 62.5 Å². The topological polar surface area (TPSA) is 113 Å².